The van der Waals surface area contributed by atoms with Crippen LogP contribution in [-0.4, -0.2) is 41.7 Å². The van der Waals surface area contributed by atoms with E-state index in [4.69, 9.17) is 25.8 Å². The second-order valence-electron chi connectivity index (χ2n) is 6.05. The molecular weight excluding hydrogens is 402 g/mol. The first-order valence-corrected chi connectivity index (χ1v) is 9.98. The first-order chi connectivity index (χ1) is 13.7. The molecule has 1 aliphatic heterocycles. The summed E-state index contributed by atoms with van der Waals surface area (Å²) in [5.41, 5.74) is 2.39. The summed E-state index contributed by atoms with van der Waals surface area (Å²) < 4.78 is 17.9. The molecule has 2 aromatic carbocycles. The van der Waals surface area contributed by atoms with Gasteiger partial charge in [-0.05, 0) is 12.1 Å². The molecule has 4 rings (SSSR count). The Bertz CT molecular complexity index is 1020. The molecule has 0 spiro atoms. The van der Waals surface area contributed by atoms with Gasteiger partial charge in [-0.15, -0.1) is 0 Å². The molecule has 28 heavy (non-hydrogen) atoms. The van der Waals surface area contributed by atoms with Crippen molar-refractivity contribution in [3.8, 4) is 11.5 Å². The van der Waals surface area contributed by atoms with E-state index in [9.17, 15) is 4.79 Å². The quantitative estimate of drug-likeness (QED) is 0.587. The van der Waals surface area contributed by atoms with Gasteiger partial charge in [0.15, 0.2) is 16.7 Å². The number of nitrogens with zero attached hydrogens (tertiary/aromatic N) is 2. The van der Waals surface area contributed by atoms with Crippen LogP contribution in [0.25, 0.3) is 11.0 Å². The van der Waals surface area contributed by atoms with Gasteiger partial charge in [0.25, 0.3) is 0 Å². The Labute approximate surface area is 170 Å². The number of carbonyl (C=O) groups excluding carboxylic acids is 1. The highest BCUT2D eigenvalue weighted by Crippen LogP contribution is 2.39. The molecule has 1 aromatic heterocycles. The molecule has 1 aliphatic rings. The minimum absolute atomic E-state index is 0.149. The lowest BCUT2D eigenvalue weighted by atomic mass is 10.2. The molecule has 2 heterocycles. The number of hydrogen-bond donors (Lipinski definition) is 1. The van der Waals surface area contributed by atoms with Crippen molar-refractivity contribution in [1.29, 1.82) is 0 Å². The number of aromatic nitrogens is 2. The summed E-state index contributed by atoms with van der Waals surface area (Å²) in [6.07, 6.45) is 0. The van der Waals surface area contributed by atoms with Crippen LogP contribution in [0.15, 0.2) is 41.6 Å². The second kappa shape index (κ2) is 8.30. The Kier molecular flexibility index (Phi) is 5.61. The number of para-hydroxylation sites is 2. The molecule has 0 unspecified atom stereocenters. The first kappa shape index (κ1) is 18.9. The first-order valence-electron chi connectivity index (χ1n) is 8.61. The van der Waals surface area contributed by atoms with Crippen LogP contribution in [0.5, 0.6) is 11.5 Å². The van der Waals surface area contributed by atoms with E-state index in [1.165, 1.54) is 11.8 Å². The van der Waals surface area contributed by atoms with E-state index in [0.717, 1.165) is 16.2 Å². The fourth-order valence-corrected chi connectivity index (χ4v) is 3.93. The van der Waals surface area contributed by atoms with Gasteiger partial charge in [0.2, 0.25) is 12.7 Å². The highest BCUT2D eigenvalue weighted by molar-refractivity contribution is 7.99. The van der Waals surface area contributed by atoms with Crippen LogP contribution in [0.3, 0.4) is 0 Å². The van der Waals surface area contributed by atoms with Crippen LogP contribution < -0.4 is 14.8 Å². The molecule has 0 radical (unpaired) electrons. The topological polar surface area (TPSA) is 74.6 Å². The van der Waals surface area contributed by atoms with Crippen LogP contribution in [0.4, 0.5) is 5.69 Å². The molecule has 0 aliphatic carbocycles. The zero-order valence-corrected chi connectivity index (χ0v) is 16.7. The van der Waals surface area contributed by atoms with Crippen molar-refractivity contribution < 1.29 is 19.0 Å². The summed E-state index contributed by atoms with van der Waals surface area (Å²) in [5.74, 6) is 1.15. The predicted molar refractivity (Wildman–Crippen MR) is 109 cm³/mol. The maximum Gasteiger partial charge on any atom is 0.234 e. The number of thioether (sulfide) groups is 1. The van der Waals surface area contributed by atoms with Crippen molar-refractivity contribution in [2.45, 2.75) is 11.7 Å². The number of nitrogens with one attached hydrogen (secondary N) is 1. The number of halogens is 1. The average molecular weight is 420 g/mol. The van der Waals surface area contributed by atoms with Gasteiger partial charge in [-0.2, -0.15) is 0 Å². The van der Waals surface area contributed by atoms with Crippen molar-refractivity contribution in [3.05, 3.63) is 41.4 Å². The molecule has 0 saturated carbocycles. The minimum atomic E-state index is -0.184. The third-order valence-corrected chi connectivity index (χ3v) is 5.50. The molecule has 0 bridgehead atoms. The number of amides is 1. The number of ether oxygens (including phenoxy) is 3. The van der Waals surface area contributed by atoms with E-state index >= 15 is 0 Å². The summed E-state index contributed by atoms with van der Waals surface area (Å²) in [4.78, 5) is 17.1. The van der Waals surface area contributed by atoms with Gasteiger partial charge in [-0.1, -0.05) is 35.5 Å². The largest absolute Gasteiger partial charge is 0.454 e. The molecule has 9 heteroatoms. The van der Waals surface area contributed by atoms with Gasteiger partial charge in [-0.3, -0.25) is 4.79 Å². The highest BCUT2D eigenvalue weighted by atomic mass is 35.5. The predicted octanol–water partition coefficient (Wildman–Crippen LogP) is 3.80. The van der Waals surface area contributed by atoms with Crippen LogP contribution in [0.1, 0.15) is 0 Å². The average Bonchev–Trinajstić information content (AvgIpc) is 3.28. The van der Waals surface area contributed by atoms with Crippen LogP contribution in [0, 0.1) is 0 Å². The second-order valence-corrected chi connectivity index (χ2v) is 7.40. The van der Waals surface area contributed by atoms with Crippen LogP contribution in [0.2, 0.25) is 5.02 Å². The van der Waals surface area contributed by atoms with Crippen LogP contribution >= 0.6 is 23.4 Å². The van der Waals surface area contributed by atoms with Gasteiger partial charge >= 0.3 is 0 Å². The Hall–Kier alpha value is -2.42. The smallest absolute Gasteiger partial charge is 0.234 e. The van der Waals surface area contributed by atoms with E-state index in [0.29, 0.717) is 35.4 Å². The van der Waals surface area contributed by atoms with E-state index < -0.39 is 0 Å². The number of fused-ring (bicyclic) bond motifs is 2. The van der Waals surface area contributed by atoms with Crippen LogP contribution in [-0.2, 0) is 16.1 Å². The lowest BCUT2D eigenvalue weighted by Crippen LogP contribution is -2.15. The number of hydrogen-bond acceptors (Lipinski definition) is 6. The molecule has 1 amide bonds. The Morgan fingerprint density at radius 3 is 2.93 bits per heavy atom. The number of benzene rings is 2. The molecule has 0 atom stereocenters. The molecule has 1 N–H and O–H groups in total. The van der Waals surface area contributed by atoms with E-state index in [-0.39, 0.29) is 18.5 Å². The Morgan fingerprint density at radius 1 is 1.32 bits per heavy atom. The van der Waals surface area contributed by atoms with Gasteiger partial charge in [0.1, 0.15) is 0 Å². The number of imidazole rings is 1. The minimum Gasteiger partial charge on any atom is -0.454 e. The fourth-order valence-electron chi connectivity index (χ4n) is 2.89. The maximum atomic E-state index is 12.5. The SMILES string of the molecule is COCCn1c(SCC(=O)Nc2cc3c(cc2Cl)OCO3)nc2ccccc21. The third-order valence-electron chi connectivity index (χ3n) is 4.21. The number of anilines is 1. The number of methoxy groups -OCH3 is 1. The monoisotopic (exact) mass is 419 g/mol. The summed E-state index contributed by atoms with van der Waals surface area (Å²) in [7, 11) is 1.66. The van der Waals surface area contributed by atoms with Gasteiger partial charge in [0, 0.05) is 25.8 Å². The molecule has 7 nitrogen and oxygen atoms in total. The van der Waals surface area contributed by atoms with Gasteiger partial charge < -0.3 is 24.1 Å². The Morgan fingerprint density at radius 2 is 2.11 bits per heavy atom. The van der Waals surface area contributed by atoms with Crippen molar-refractivity contribution in [1.82, 2.24) is 9.55 Å². The zero-order valence-electron chi connectivity index (χ0n) is 15.1. The van der Waals surface area contributed by atoms with E-state index in [1.807, 2.05) is 24.3 Å². The molecule has 146 valence electrons. The third kappa shape index (κ3) is 3.89. The van der Waals surface area contributed by atoms with E-state index in [1.54, 1.807) is 19.2 Å². The summed E-state index contributed by atoms with van der Waals surface area (Å²) >= 11 is 7.58. The van der Waals surface area contributed by atoms with Crippen molar-refractivity contribution in [2.24, 2.45) is 0 Å². The zero-order chi connectivity index (χ0) is 19.5. The highest BCUT2D eigenvalue weighted by Gasteiger charge is 2.18. The van der Waals surface area contributed by atoms with Gasteiger partial charge in [-0.25, -0.2) is 4.98 Å². The standard InChI is InChI=1S/C19H18ClN3O4S/c1-25-7-6-23-15-5-3-2-4-13(15)22-19(23)28-10-18(24)21-14-9-17-16(8-12(14)20)26-11-27-17/h2-5,8-9H,6-7,10-11H2,1H3,(H,21,24). The maximum absolute atomic E-state index is 12.5. The fraction of sp³-hybridized carbons (Fsp3) is 0.263. The molecule has 3 aromatic rings. The van der Waals surface area contributed by atoms with Crippen molar-refractivity contribution in [2.75, 3.05) is 31.6 Å². The Balaban J connectivity index is 1.46. The summed E-state index contributed by atoms with van der Waals surface area (Å²) in [6, 6.07) is 11.2. The normalized spacial score (nSPS) is 12.5. The summed E-state index contributed by atoms with van der Waals surface area (Å²) in [5, 5.41) is 3.98. The van der Waals surface area contributed by atoms with Gasteiger partial charge in [0.05, 0.1) is 34.1 Å². The summed E-state index contributed by atoms with van der Waals surface area (Å²) in [6.45, 7) is 1.37. The number of carbonyl (C=O) groups is 1. The molecule has 0 saturated heterocycles. The molecule has 0 fully saturated rings. The number of rotatable bonds is 7. The molecular formula is C19H18ClN3O4S. The lowest BCUT2D eigenvalue weighted by Gasteiger charge is -2.10. The van der Waals surface area contributed by atoms with Crippen molar-refractivity contribution >= 4 is 46.0 Å². The van der Waals surface area contributed by atoms with Crippen molar-refractivity contribution in [3.63, 3.8) is 0 Å². The lowest BCUT2D eigenvalue weighted by molar-refractivity contribution is -0.113. The van der Waals surface area contributed by atoms with E-state index in [2.05, 4.69) is 14.9 Å².